The lowest BCUT2D eigenvalue weighted by Crippen LogP contribution is -2.40. The standard InChI is InChI=1S/C13H13F4NO2/c14-8-1-2-10(11(7-8)13(15,16)17)12(20)18-5-3-9(19)4-6-18/h1-2,7,9,19H,3-6H2. The lowest BCUT2D eigenvalue weighted by molar-refractivity contribution is -0.138. The van der Waals surface area contributed by atoms with Gasteiger partial charge in [0.25, 0.3) is 5.91 Å². The van der Waals surface area contributed by atoms with E-state index in [-0.39, 0.29) is 13.1 Å². The average Bonchev–Trinajstić information content (AvgIpc) is 2.38. The van der Waals surface area contributed by atoms with Crippen molar-refractivity contribution in [1.82, 2.24) is 4.90 Å². The Kier molecular flexibility index (Phi) is 3.99. The zero-order valence-corrected chi connectivity index (χ0v) is 10.5. The highest BCUT2D eigenvalue weighted by Gasteiger charge is 2.37. The number of aliphatic hydroxyl groups is 1. The van der Waals surface area contributed by atoms with Crippen LogP contribution in [0.25, 0.3) is 0 Å². The maximum atomic E-state index is 13.0. The molecule has 7 heteroatoms. The zero-order valence-electron chi connectivity index (χ0n) is 10.5. The van der Waals surface area contributed by atoms with E-state index in [4.69, 9.17) is 0 Å². The zero-order chi connectivity index (χ0) is 14.9. The van der Waals surface area contributed by atoms with Crippen LogP contribution in [0.5, 0.6) is 0 Å². The van der Waals surface area contributed by atoms with E-state index in [1.807, 2.05) is 0 Å². The molecule has 1 aromatic rings. The van der Waals surface area contributed by atoms with Gasteiger partial charge in [-0.3, -0.25) is 4.79 Å². The lowest BCUT2D eigenvalue weighted by atomic mass is 10.0. The van der Waals surface area contributed by atoms with Crippen molar-refractivity contribution in [2.24, 2.45) is 0 Å². The van der Waals surface area contributed by atoms with Crippen molar-refractivity contribution in [2.75, 3.05) is 13.1 Å². The van der Waals surface area contributed by atoms with Gasteiger partial charge in [-0.1, -0.05) is 0 Å². The minimum atomic E-state index is -4.79. The van der Waals surface area contributed by atoms with E-state index in [2.05, 4.69) is 0 Å². The molecule has 110 valence electrons. The van der Waals surface area contributed by atoms with Crippen LogP contribution in [0.1, 0.15) is 28.8 Å². The van der Waals surface area contributed by atoms with E-state index < -0.39 is 35.1 Å². The van der Waals surface area contributed by atoms with Gasteiger partial charge in [0, 0.05) is 13.1 Å². The minimum Gasteiger partial charge on any atom is -0.393 e. The highest BCUT2D eigenvalue weighted by atomic mass is 19.4. The van der Waals surface area contributed by atoms with Crippen molar-refractivity contribution >= 4 is 5.91 Å². The first kappa shape index (κ1) is 14.8. The quantitative estimate of drug-likeness (QED) is 0.807. The largest absolute Gasteiger partial charge is 0.417 e. The fourth-order valence-corrected chi connectivity index (χ4v) is 2.18. The first-order chi connectivity index (χ1) is 9.29. The normalized spacial score (nSPS) is 17.4. The molecule has 1 aliphatic heterocycles. The van der Waals surface area contributed by atoms with E-state index in [1.165, 1.54) is 4.90 Å². The number of halogens is 4. The maximum Gasteiger partial charge on any atom is 0.417 e. The van der Waals surface area contributed by atoms with Gasteiger partial charge in [0.2, 0.25) is 0 Å². The molecule has 1 saturated heterocycles. The van der Waals surface area contributed by atoms with Crippen LogP contribution in [0.3, 0.4) is 0 Å². The first-order valence-corrected chi connectivity index (χ1v) is 6.13. The van der Waals surface area contributed by atoms with Crippen molar-refractivity contribution in [3.63, 3.8) is 0 Å². The van der Waals surface area contributed by atoms with Crippen LogP contribution in [-0.4, -0.2) is 35.1 Å². The third-order valence-corrected chi connectivity index (χ3v) is 3.27. The molecule has 3 nitrogen and oxygen atoms in total. The van der Waals surface area contributed by atoms with Gasteiger partial charge in [0.15, 0.2) is 0 Å². The number of carbonyl (C=O) groups excluding carboxylic acids is 1. The number of hydrogen-bond acceptors (Lipinski definition) is 2. The average molecular weight is 291 g/mol. The Bertz CT molecular complexity index is 508. The van der Waals surface area contributed by atoms with Gasteiger partial charge in [-0.2, -0.15) is 13.2 Å². The molecule has 1 aliphatic rings. The van der Waals surface area contributed by atoms with Crippen molar-refractivity contribution < 1.29 is 27.5 Å². The Balaban J connectivity index is 2.30. The summed E-state index contributed by atoms with van der Waals surface area (Å²) in [5.74, 6) is -1.83. The molecule has 0 bridgehead atoms. The maximum absolute atomic E-state index is 13.0. The summed E-state index contributed by atoms with van der Waals surface area (Å²) in [6.07, 6.45) is -4.67. The van der Waals surface area contributed by atoms with Crippen LogP contribution >= 0.6 is 0 Å². The van der Waals surface area contributed by atoms with Crippen molar-refractivity contribution in [2.45, 2.75) is 25.1 Å². The van der Waals surface area contributed by atoms with Crippen LogP contribution in [0.4, 0.5) is 17.6 Å². The highest BCUT2D eigenvalue weighted by molar-refractivity contribution is 5.96. The first-order valence-electron chi connectivity index (χ1n) is 6.13. The monoisotopic (exact) mass is 291 g/mol. The van der Waals surface area contributed by atoms with E-state index in [0.717, 1.165) is 12.1 Å². The van der Waals surface area contributed by atoms with Gasteiger partial charge in [-0.05, 0) is 31.0 Å². The van der Waals surface area contributed by atoms with Crippen molar-refractivity contribution in [3.8, 4) is 0 Å². The molecular weight excluding hydrogens is 278 g/mol. The molecular formula is C13H13F4NO2. The van der Waals surface area contributed by atoms with Crippen LogP contribution in [-0.2, 0) is 6.18 Å². The van der Waals surface area contributed by atoms with Crippen LogP contribution in [0, 0.1) is 5.82 Å². The van der Waals surface area contributed by atoms with Gasteiger partial charge in [0.1, 0.15) is 5.82 Å². The van der Waals surface area contributed by atoms with Crippen LogP contribution < -0.4 is 0 Å². The molecule has 0 unspecified atom stereocenters. The predicted molar refractivity (Wildman–Crippen MR) is 62.5 cm³/mol. The lowest BCUT2D eigenvalue weighted by Gasteiger charge is -2.30. The number of likely N-dealkylation sites (tertiary alicyclic amines) is 1. The summed E-state index contributed by atoms with van der Waals surface area (Å²) in [6, 6.07) is 2.01. The summed E-state index contributed by atoms with van der Waals surface area (Å²) in [4.78, 5) is 13.4. The SMILES string of the molecule is O=C(c1ccc(F)cc1C(F)(F)F)N1CCC(O)CC1. The molecule has 0 saturated carbocycles. The van der Waals surface area contributed by atoms with Gasteiger partial charge in [-0.25, -0.2) is 4.39 Å². The number of hydrogen-bond donors (Lipinski definition) is 1. The number of rotatable bonds is 1. The summed E-state index contributed by atoms with van der Waals surface area (Å²) in [5, 5.41) is 9.33. The topological polar surface area (TPSA) is 40.5 Å². The third kappa shape index (κ3) is 3.09. The third-order valence-electron chi connectivity index (χ3n) is 3.27. The molecule has 20 heavy (non-hydrogen) atoms. The summed E-state index contributed by atoms with van der Waals surface area (Å²) in [7, 11) is 0. The number of alkyl halides is 3. The number of piperidine rings is 1. The van der Waals surface area contributed by atoms with Crippen LogP contribution in [0.2, 0.25) is 0 Å². The Morgan fingerprint density at radius 3 is 2.40 bits per heavy atom. The molecule has 0 aromatic heterocycles. The second-order valence-corrected chi connectivity index (χ2v) is 4.71. The molecule has 0 atom stereocenters. The highest BCUT2D eigenvalue weighted by Crippen LogP contribution is 2.33. The molecule has 2 rings (SSSR count). The van der Waals surface area contributed by atoms with Gasteiger partial charge >= 0.3 is 6.18 Å². The number of benzene rings is 1. The molecule has 1 fully saturated rings. The second kappa shape index (κ2) is 5.40. The molecule has 0 radical (unpaired) electrons. The molecule has 0 aliphatic carbocycles. The Labute approximate surface area is 112 Å². The Morgan fingerprint density at radius 1 is 1.25 bits per heavy atom. The van der Waals surface area contributed by atoms with Crippen molar-refractivity contribution in [1.29, 1.82) is 0 Å². The predicted octanol–water partition coefficient (Wildman–Crippen LogP) is 2.44. The molecule has 1 heterocycles. The molecule has 1 N–H and O–H groups in total. The number of carbonyl (C=O) groups is 1. The van der Waals surface area contributed by atoms with Gasteiger partial charge < -0.3 is 10.0 Å². The van der Waals surface area contributed by atoms with Crippen molar-refractivity contribution in [3.05, 3.63) is 35.1 Å². The molecule has 1 amide bonds. The Hall–Kier alpha value is -1.63. The summed E-state index contributed by atoms with van der Waals surface area (Å²) < 4.78 is 51.5. The fourth-order valence-electron chi connectivity index (χ4n) is 2.18. The van der Waals surface area contributed by atoms with E-state index in [0.29, 0.717) is 18.9 Å². The molecule has 0 spiro atoms. The van der Waals surface area contributed by atoms with E-state index in [9.17, 15) is 27.5 Å². The Morgan fingerprint density at radius 2 is 1.85 bits per heavy atom. The smallest absolute Gasteiger partial charge is 0.393 e. The second-order valence-electron chi connectivity index (χ2n) is 4.71. The van der Waals surface area contributed by atoms with Crippen LogP contribution in [0.15, 0.2) is 18.2 Å². The number of aliphatic hydroxyl groups excluding tert-OH is 1. The summed E-state index contributed by atoms with van der Waals surface area (Å²) in [5.41, 5.74) is -1.83. The van der Waals surface area contributed by atoms with Gasteiger partial charge in [-0.15, -0.1) is 0 Å². The number of nitrogens with zero attached hydrogens (tertiary/aromatic N) is 1. The van der Waals surface area contributed by atoms with E-state index in [1.54, 1.807) is 0 Å². The van der Waals surface area contributed by atoms with Gasteiger partial charge in [0.05, 0.1) is 17.2 Å². The molecule has 1 aromatic carbocycles. The number of amides is 1. The minimum absolute atomic E-state index is 0.189. The van der Waals surface area contributed by atoms with E-state index >= 15 is 0 Å². The summed E-state index contributed by atoms with van der Waals surface area (Å²) >= 11 is 0. The fraction of sp³-hybridized carbons (Fsp3) is 0.462. The summed E-state index contributed by atoms with van der Waals surface area (Å²) in [6.45, 7) is 0.378.